The second-order valence-electron chi connectivity index (χ2n) is 6.91. The van der Waals surface area contributed by atoms with E-state index in [0.717, 1.165) is 10.2 Å². The van der Waals surface area contributed by atoms with Gasteiger partial charge in [0, 0.05) is 30.8 Å². The number of rotatable bonds is 5. The Labute approximate surface area is 184 Å². The summed E-state index contributed by atoms with van der Waals surface area (Å²) in [6, 6.07) is 12.5. The van der Waals surface area contributed by atoms with Gasteiger partial charge in [-0.1, -0.05) is 11.3 Å². The van der Waals surface area contributed by atoms with Gasteiger partial charge in [-0.25, -0.2) is 4.98 Å². The molecule has 156 valence electrons. The molecule has 1 aromatic heterocycles. The van der Waals surface area contributed by atoms with Gasteiger partial charge in [0.25, 0.3) is 5.91 Å². The van der Waals surface area contributed by atoms with Crippen LogP contribution < -0.4 is 14.4 Å². The highest BCUT2D eigenvalue weighted by Crippen LogP contribution is 2.39. The lowest BCUT2D eigenvalue weighted by atomic mass is 10.1. The van der Waals surface area contributed by atoms with Crippen LogP contribution in [0.15, 0.2) is 36.4 Å². The van der Waals surface area contributed by atoms with Crippen molar-refractivity contribution in [1.29, 1.82) is 5.26 Å². The molecule has 0 unspecified atom stereocenters. The van der Waals surface area contributed by atoms with Crippen LogP contribution in [-0.2, 0) is 0 Å². The number of amides is 1. The van der Waals surface area contributed by atoms with Crippen LogP contribution in [0.2, 0.25) is 0 Å². The summed E-state index contributed by atoms with van der Waals surface area (Å²) in [5.74, 6) is 1.24. The Hall–Kier alpha value is -2.86. The third-order valence-corrected chi connectivity index (χ3v) is 5.59. The number of hydrogen-bond donors (Lipinski definition) is 0. The summed E-state index contributed by atoms with van der Waals surface area (Å²) in [5, 5.41) is 9.61. The first-order chi connectivity index (χ1) is 14.0. The van der Waals surface area contributed by atoms with Crippen molar-refractivity contribution in [3.05, 3.63) is 47.5 Å². The molecule has 1 aliphatic heterocycles. The summed E-state index contributed by atoms with van der Waals surface area (Å²) in [7, 11) is 3.93. The molecule has 9 heteroatoms. The zero-order valence-electron chi connectivity index (χ0n) is 16.6. The predicted octanol–water partition coefficient (Wildman–Crippen LogP) is 3.57. The Morgan fingerprint density at radius 3 is 2.43 bits per heavy atom. The fourth-order valence-corrected chi connectivity index (χ4v) is 4.00. The molecule has 2 heterocycles. The summed E-state index contributed by atoms with van der Waals surface area (Å²) in [6.07, 6.45) is 0. The number of nitriles is 1. The lowest BCUT2D eigenvalue weighted by Gasteiger charge is -2.22. The Kier molecular flexibility index (Phi) is 6.77. The number of nitrogens with zero attached hydrogens (tertiary/aromatic N) is 4. The van der Waals surface area contributed by atoms with Crippen LogP contribution in [0, 0.1) is 11.3 Å². The van der Waals surface area contributed by atoms with Gasteiger partial charge >= 0.3 is 0 Å². The van der Waals surface area contributed by atoms with Gasteiger partial charge in [-0.15, -0.1) is 12.4 Å². The van der Waals surface area contributed by atoms with E-state index in [1.807, 2.05) is 31.1 Å². The summed E-state index contributed by atoms with van der Waals surface area (Å²) in [6.45, 7) is 2.23. The van der Waals surface area contributed by atoms with Crippen molar-refractivity contribution in [2.45, 2.75) is 0 Å². The minimum absolute atomic E-state index is 0. The van der Waals surface area contributed by atoms with Crippen LogP contribution in [0.1, 0.15) is 15.9 Å². The first kappa shape index (κ1) is 21.8. The second kappa shape index (κ2) is 9.30. The monoisotopic (exact) mass is 444 g/mol. The van der Waals surface area contributed by atoms with Crippen LogP contribution >= 0.6 is 23.7 Å². The van der Waals surface area contributed by atoms with Gasteiger partial charge in [-0.2, -0.15) is 5.26 Å². The van der Waals surface area contributed by atoms with E-state index < -0.39 is 0 Å². The highest BCUT2D eigenvalue weighted by Gasteiger charge is 2.23. The van der Waals surface area contributed by atoms with E-state index in [2.05, 4.69) is 6.07 Å². The van der Waals surface area contributed by atoms with E-state index in [9.17, 15) is 4.79 Å². The average molecular weight is 445 g/mol. The molecule has 0 aliphatic carbocycles. The number of halogens is 1. The number of carbonyl (C=O) groups excluding carboxylic acids is 1. The van der Waals surface area contributed by atoms with E-state index in [4.69, 9.17) is 19.7 Å². The number of anilines is 1. The van der Waals surface area contributed by atoms with Gasteiger partial charge in [-0.05, 0) is 38.4 Å². The third-order valence-electron chi connectivity index (χ3n) is 4.55. The van der Waals surface area contributed by atoms with Crippen molar-refractivity contribution in [2.75, 3.05) is 45.3 Å². The van der Waals surface area contributed by atoms with E-state index in [1.54, 1.807) is 29.2 Å². The smallest absolute Gasteiger partial charge is 0.260 e. The zero-order chi connectivity index (χ0) is 20.4. The number of ether oxygens (including phenoxy) is 2. The van der Waals surface area contributed by atoms with Crippen LogP contribution in [-0.4, -0.2) is 56.2 Å². The Morgan fingerprint density at radius 1 is 1.13 bits per heavy atom. The lowest BCUT2D eigenvalue weighted by Crippen LogP contribution is -2.36. The molecule has 0 fully saturated rings. The van der Waals surface area contributed by atoms with E-state index in [-0.39, 0.29) is 18.3 Å². The molecule has 7 nitrogen and oxygen atoms in total. The van der Waals surface area contributed by atoms with E-state index in [1.165, 1.54) is 11.3 Å². The molecule has 0 saturated carbocycles. The molecule has 3 aromatic rings. The highest BCUT2D eigenvalue weighted by molar-refractivity contribution is 7.22. The fraction of sp³-hybridized carbons (Fsp3) is 0.286. The molecular formula is C21H21ClN4O3S. The largest absolute Gasteiger partial charge is 0.486 e. The van der Waals surface area contributed by atoms with Gasteiger partial charge < -0.3 is 14.4 Å². The van der Waals surface area contributed by atoms with Crippen molar-refractivity contribution < 1.29 is 14.3 Å². The van der Waals surface area contributed by atoms with Crippen LogP contribution in [0.3, 0.4) is 0 Å². The topological polar surface area (TPSA) is 78.7 Å². The van der Waals surface area contributed by atoms with E-state index in [0.29, 0.717) is 54.1 Å². The van der Waals surface area contributed by atoms with Crippen LogP contribution in [0.4, 0.5) is 5.13 Å². The molecule has 1 amide bonds. The minimum atomic E-state index is -0.146. The number of thiazole rings is 1. The Balaban J connectivity index is 0.00000256. The highest BCUT2D eigenvalue weighted by atomic mass is 35.5. The summed E-state index contributed by atoms with van der Waals surface area (Å²) in [5.41, 5.74) is 1.82. The van der Waals surface area contributed by atoms with Gasteiger partial charge in [0.1, 0.15) is 13.2 Å². The first-order valence-electron chi connectivity index (χ1n) is 9.22. The second-order valence-corrected chi connectivity index (χ2v) is 7.92. The SMILES string of the molecule is CN(C)CCN(C(=O)c1ccc(C#N)cc1)c1nc2cc3c(cc2s1)OCCO3.Cl. The van der Waals surface area contributed by atoms with Gasteiger partial charge in [0.2, 0.25) is 0 Å². The van der Waals surface area contributed by atoms with Gasteiger partial charge in [-0.3, -0.25) is 9.69 Å². The molecular weight excluding hydrogens is 424 g/mol. The number of likely N-dealkylation sites (N-methyl/N-ethyl adjacent to an activating group) is 1. The zero-order valence-corrected chi connectivity index (χ0v) is 18.3. The number of hydrogen-bond acceptors (Lipinski definition) is 7. The molecule has 30 heavy (non-hydrogen) atoms. The number of aromatic nitrogens is 1. The molecule has 0 radical (unpaired) electrons. The van der Waals surface area contributed by atoms with Gasteiger partial charge in [0.05, 0.1) is 21.8 Å². The summed E-state index contributed by atoms with van der Waals surface area (Å²) < 4.78 is 12.2. The van der Waals surface area contributed by atoms with Crippen molar-refractivity contribution in [3.8, 4) is 17.6 Å². The minimum Gasteiger partial charge on any atom is -0.486 e. The van der Waals surface area contributed by atoms with Crippen LogP contribution in [0.25, 0.3) is 10.2 Å². The van der Waals surface area contributed by atoms with Crippen molar-refractivity contribution in [1.82, 2.24) is 9.88 Å². The summed E-state index contributed by atoms with van der Waals surface area (Å²) >= 11 is 1.45. The molecule has 4 rings (SSSR count). The molecule has 0 N–H and O–H groups in total. The predicted molar refractivity (Wildman–Crippen MR) is 119 cm³/mol. The maximum atomic E-state index is 13.2. The van der Waals surface area contributed by atoms with Crippen molar-refractivity contribution in [2.24, 2.45) is 0 Å². The standard InChI is InChI=1S/C21H20N4O3S.ClH/c1-24(2)7-8-25(20(26)15-5-3-14(13-22)4-6-15)21-23-16-11-17-18(12-19(16)29-21)28-10-9-27-17;/h3-6,11-12H,7-10H2,1-2H3;1H. The number of benzene rings is 2. The van der Waals surface area contributed by atoms with Crippen molar-refractivity contribution in [3.63, 3.8) is 0 Å². The molecule has 2 aromatic carbocycles. The normalized spacial score (nSPS) is 12.3. The van der Waals surface area contributed by atoms with Gasteiger partial charge in [0.15, 0.2) is 16.6 Å². The lowest BCUT2D eigenvalue weighted by molar-refractivity contribution is 0.0985. The van der Waals surface area contributed by atoms with Crippen molar-refractivity contribution >= 4 is 45.0 Å². The Bertz CT molecular complexity index is 1050. The maximum absolute atomic E-state index is 13.2. The maximum Gasteiger partial charge on any atom is 0.260 e. The van der Waals surface area contributed by atoms with E-state index >= 15 is 0 Å². The average Bonchev–Trinajstić information content (AvgIpc) is 3.14. The molecule has 0 atom stereocenters. The Morgan fingerprint density at radius 2 is 1.80 bits per heavy atom. The molecule has 0 saturated heterocycles. The molecule has 0 bridgehead atoms. The fourth-order valence-electron chi connectivity index (χ4n) is 3.00. The number of carbonyl (C=O) groups is 1. The first-order valence-corrected chi connectivity index (χ1v) is 10.0. The third kappa shape index (κ3) is 4.49. The van der Waals surface area contributed by atoms with Crippen LogP contribution in [0.5, 0.6) is 11.5 Å². The quantitative estimate of drug-likeness (QED) is 0.598. The molecule has 0 spiro atoms. The summed E-state index contributed by atoms with van der Waals surface area (Å²) in [4.78, 5) is 21.6. The number of fused-ring (bicyclic) bond motifs is 2. The molecule has 1 aliphatic rings.